The minimum Gasteiger partial charge on any atom is -0.422 e. The van der Waals surface area contributed by atoms with Crippen LogP contribution in [-0.2, 0) is 4.43 Å². The summed E-state index contributed by atoms with van der Waals surface area (Å²) in [5, 5.41) is 22.5. The number of aliphatic hydroxyl groups excluding tert-OH is 1. The van der Waals surface area contributed by atoms with Crippen molar-refractivity contribution >= 4 is 72.3 Å². The third-order valence-corrected chi connectivity index (χ3v) is 36.4. The minimum atomic E-state index is -1.58. The third-order valence-electron chi connectivity index (χ3n) is 12.2. The molecule has 6 rings (SSSR count). The van der Waals surface area contributed by atoms with E-state index < -0.39 is 14.7 Å². The summed E-state index contributed by atoms with van der Waals surface area (Å²) in [6.45, 7) is 13.3. The van der Waals surface area contributed by atoms with Crippen LogP contribution in [0.4, 0.5) is 0 Å². The first-order valence-corrected chi connectivity index (χ1v) is 29.7. The zero-order valence-corrected chi connectivity index (χ0v) is 36.4. The SMILES string of the molecule is CCCCCCCCCCCC(O)CCCCCCCC.C[Si]1(C)[Si]OCC[Si]1(C)c1cccc2cc3ccc4cc5ccccc5cc4c3cc12. The standard InChI is InChI=1S/C27H26OSi3.C20H42O/c1-30(2)29-28-13-14-31(30,3)27-10-6-9-21-16-23-12-11-22-15-19-7-4-5-8-20(19)17-24(22)25(23)18-26(21)27;1-3-5-7-9-11-12-13-15-17-19-20(21)18-16-14-10-8-6-4-2/h4-12,15-18H,13-14H2,1-3H3;20-21H,3-19H2,1-2H3. The van der Waals surface area contributed by atoms with Crippen molar-refractivity contribution < 1.29 is 9.53 Å². The molecule has 1 fully saturated rings. The molecule has 1 heterocycles. The fourth-order valence-electron chi connectivity index (χ4n) is 8.38. The second kappa shape index (κ2) is 20.4. The monoisotopic (exact) mass is 748 g/mol. The molecule has 1 N–H and O–H groups in total. The van der Waals surface area contributed by atoms with Crippen molar-refractivity contribution in [2.75, 3.05) is 6.61 Å². The van der Waals surface area contributed by atoms with Gasteiger partial charge >= 0.3 is 0 Å². The van der Waals surface area contributed by atoms with Gasteiger partial charge in [-0.2, -0.15) is 0 Å². The van der Waals surface area contributed by atoms with Crippen LogP contribution in [0.25, 0.3) is 43.1 Å². The number of aliphatic hydroxyl groups is 1. The van der Waals surface area contributed by atoms with Crippen molar-refractivity contribution in [3.63, 3.8) is 0 Å². The van der Waals surface area contributed by atoms with Crippen molar-refractivity contribution in [3.05, 3.63) is 78.9 Å². The molecule has 5 heteroatoms. The summed E-state index contributed by atoms with van der Waals surface area (Å²) >= 11 is 0. The Morgan fingerprint density at radius 1 is 0.558 bits per heavy atom. The Labute approximate surface area is 320 Å². The molecule has 5 aromatic rings. The van der Waals surface area contributed by atoms with Gasteiger partial charge in [0, 0.05) is 6.61 Å². The maximum absolute atomic E-state index is 9.95. The molecule has 2 radical (unpaired) electrons. The van der Waals surface area contributed by atoms with Gasteiger partial charge in [0.25, 0.3) is 0 Å². The normalized spacial score (nSPS) is 17.8. The highest BCUT2D eigenvalue weighted by atomic mass is 29.6. The molecule has 52 heavy (non-hydrogen) atoms. The number of fused-ring (bicyclic) bond motifs is 5. The molecule has 2 nitrogen and oxygen atoms in total. The summed E-state index contributed by atoms with van der Waals surface area (Å²) in [5.41, 5.74) is 0. The maximum Gasteiger partial charge on any atom is 0.209 e. The van der Waals surface area contributed by atoms with Gasteiger partial charge in [-0.1, -0.05) is 190 Å². The topological polar surface area (TPSA) is 29.5 Å². The number of rotatable bonds is 18. The van der Waals surface area contributed by atoms with E-state index in [-0.39, 0.29) is 6.10 Å². The van der Waals surface area contributed by atoms with Crippen LogP contribution >= 0.6 is 0 Å². The van der Waals surface area contributed by atoms with Gasteiger partial charge in [-0.3, -0.25) is 0 Å². The molecule has 2 unspecified atom stereocenters. The van der Waals surface area contributed by atoms with Crippen molar-refractivity contribution in [2.24, 2.45) is 0 Å². The number of benzene rings is 5. The van der Waals surface area contributed by atoms with Gasteiger partial charge < -0.3 is 9.53 Å². The molecule has 2 atom stereocenters. The minimum absolute atomic E-state index is 0.0271. The Morgan fingerprint density at radius 3 is 1.62 bits per heavy atom. The van der Waals surface area contributed by atoms with Gasteiger partial charge in [-0.05, 0) is 86.2 Å². The lowest BCUT2D eigenvalue weighted by Gasteiger charge is -2.44. The van der Waals surface area contributed by atoms with Gasteiger partial charge in [0.2, 0.25) is 9.28 Å². The molecule has 0 amide bonds. The van der Waals surface area contributed by atoms with Gasteiger partial charge in [-0.25, -0.2) is 0 Å². The molecule has 0 aliphatic carbocycles. The number of hydrogen-bond donors (Lipinski definition) is 1. The molecule has 280 valence electrons. The summed E-state index contributed by atoms with van der Waals surface area (Å²) in [4.78, 5) is 0. The average molecular weight is 749 g/mol. The first kappa shape index (κ1) is 40.9. The Bertz CT molecular complexity index is 1830. The predicted octanol–water partition coefficient (Wildman–Crippen LogP) is 13.5. The highest BCUT2D eigenvalue weighted by molar-refractivity contribution is 7.63. The molecule has 5 aromatic carbocycles. The molecular formula is C47H68O2Si3. The van der Waals surface area contributed by atoms with Gasteiger partial charge in [0.1, 0.15) is 0 Å². The van der Waals surface area contributed by atoms with Crippen molar-refractivity contribution in [1.29, 1.82) is 0 Å². The van der Waals surface area contributed by atoms with Gasteiger partial charge in [0.15, 0.2) is 0 Å². The highest BCUT2D eigenvalue weighted by Crippen LogP contribution is 2.34. The van der Waals surface area contributed by atoms with E-state index in [9.17, 15) is 5.11 Å². The number of hydrogen-bond acceptors (Lipinski definition) is 2. The highest BCUT2D eigenvalue weighted by Gasteiger charge is 2.50. The fourth-order valence-corrected chi connectivity index (χ4v) is 24.7. The van der Waals surface area contributed by atoms with Gasteiger partial charge in [0.05, 0.1) is 20.8 Å². The first-order chi connectivity index (χ1) is 25.3. The zero-order chi connectivity index (χ0) is 36.8. The van der Waals surface area contributed by atoms with Crippen molar-refractivity contribution in [1.82, 2.24) is 0 Å². The van der Waals surface area contributed by atoms with Crippen LogP contribution in [-0.4, -0.2) is 41.8 Å². The summed E-state index contributed by atoms with van der Waals surface area (Å²) in [6.07, 6.45) is 22.3. The van der Waals surface area contributed by atoms with E-state index in [0.717, 1.165) is 28.7 Å². The molecule has 0 saturated carbocycles. The molecule has 0 aromatic heterocycles. The Hall–Kier alpha value is -2.29. The van der Waals surface area contributed by atoms with Crippen LogP contribution in [0.1, 0.15) is 123 Å². The third kappa shape index (κ3) is 10.7. The molecular weight excluding hydrogens is 681 g/mol. The van der Waals surface area contributed by atoms with E-state index in [4.69, 9.17) is 4.43 Å². The van der Waals surface area contributed by atoms with Gasteiger partial charge in [-0.15, -0.1) is 0 Å². The molecule has 1 aliphatic heterocycles. The fraction of sp³-hybridized carbons (Fsp3) is 0.532. The van der Waals surface area contributed by atoms with Crippen LogP contribution in [0.2, 0.25) is 25.7 Å². The molecule has 0 bridgehead atoms. The lowest BCUT2D eigenvalue weighted by atomic mass is 9.96. The largest absolute Gasteiger partial charge is 0.422 e. The van der Waals surface area contributed by atoms with E-state index in [1.165, 1.54) is 145 Å². The number of unbranched alkanes of at least 4 members (excludes halogenated alkanes) is 13. The average Bonchev–Trinajstić information content (AvgIpc) is 3.15. The van der Waals surface area contributed by atoms with Crippen LogP contribution in [0.15, 0.2) is 78.9 Å². The summed E-state index contributed by atoms with van der Waals surface area (Å²) < 4.78 is 6.01. The van der Waals surface area contributed by atoms with E-state index >= 15 is 0 Å². The van der Waals surface area contributed by atoms with Crippen LogP contribution < -0.4 is 5.19 Å². The second-order valence-corrected chi connectivity index (χ2v) is 36.9. The van der Waals surface area contributed by atoms with E-state index in [2.05, 4.69) is 112 Å². The summed E-state index contributed by atoms with van der Waals surface area (Å²) in [5.74, 6) is 0. The summed E-state index contributed by atoms with van der Waals surface area (Å²) in [6, 6.07) is 31.2. The molecule has 1 saturated heterocycles. The Kier molecular flexibility index (Phi) is 16.0. The van der Waals surface area contributed by atoms with E-state index in [0.29, 0.717) is 0 Å². The van der Waals surface area contributed by atoms with E-state index in [1.54, 1.807) is 5.19 Å². The van der Waals surface area contributed by atoms with Crippen molar-refractivity contribution in [2.45, 2.75) is 155 Å². The maximum atomic E-state index is 9.95. The quantitative estimate of drug-likeness (QED) is 0.0418. The molecule has 0 spiro atoms. The Balaban J connectivity index is 0.000000220. The van der Waals surface area contributed by atoms with Crippen molar-refractivity contribution in [3.8, 4) is 0 Å². The van der Waals surface area contributed by atoms with E-state index in [1.807, 2.05) is 0 Å². The smallest absolute Gasteiger partial charge is 0.209 e. The zero-order valence-electron chi connectivity index (χ0n) is 33.4. The summed E-state index contributed by atoms with van der Waals surface area (Å²) in [7, 11) is -2.26. The molecule has 1 aliphatic rings. The second-order valence-electron chi connectivity index (χ2n) is 16.6. The van der Waals surface area contributed by atoms with Crippen LogP contribution in [0.3, 0.4) is 0 Å². The van der Waals surface area contributed by atoms with Crippen LogP contribution in [0, 0.1) is 0 Å². The Morgan fingerprint density at radius 2 is 1.04 bits per heavy atom. The van der Waals surface area contributed by atoms with Crippen LogP contribution in [0.5, 0.6) is 0 Å². The first-order valence-electron chi connectivity index (χ1n) is 21.1. The predicted molar refractivity (Wildman–Crippen MR) is 238 cm³/mol. The lowest BCUT2D eigenvalue weighted by molar-refractivity contribution is 0.147. The lowest BCUT2D eigenvalue weighted by Crippen LogP contribution is -2.71.